The van der Waals surface area contributed by atoms with Gasteiger partial charge < -0.3 is 19.5 Å². The summed E-state index contributed by atoms with van der Waals surface area (Å²) in [7, 11) is 4.64. The number of methoxy groups -OCH3 is 3. The largest absolute Gasteiger partial charge is 0.493 e. The molecule has 0 heterocycles. The van der Waals surface area contributed by atoms with E-state index in [1.54, 1.807) is 32.4 Å². The first-order valence-corrected chi connectivity index (χ1v) is 5.92. The Morgan fingerprint density at radius 2 is 1.84 bits per heavy atom. The molecule has 0 unspecified atom stereocenters. The van der Waals surface area contributed by atoms with Crippen LogP contribution in [0.25, 0.3) is 6.08 Å². The van der Waals surface area contributed by atoms with Crippen molar-refractivity contribution in [1.29, 1.82) is 0 Å². The van der Waals surface area contributed by atoms with Crippen LogP contribution in [0.1, 0.15) is 12.5 Å². The number of hydrogen-bond donors (Lipinski definition) is 1. The molecule has 1 aromatic carbocycles. The minimum Gasteiger partial charge on any atom is -0.493 e. The molecular formula is C14H19NO4. The summed E-state index contributed by atoms with van der Waals surface area (Å²) in [6, 6.07) is 3.56. The zero-order chi connectivity index (χ0) is 14.3. The minimum atomic E-state index is -0.153. The molecule has 5 heteroatoms. The summed E-state index contributed by atoms with van der Waals surface area (Å²) in [4.78, 5) is 11.4. The van der Waals surface area contributed by atoms with E-state index >= 15 is 0 Å². The van der Waals surface area contributed by atoms with Crippen LogP contribution in [-0.4, -0.2) is 33.8 Å². The normalized spacial score (nSPS) is 10.3. The molecule has 0 saturated heterocycles. The number of carbonyl (C=O) groups is 1. The fraction of sp³-hybridized carbons (Fsp3) is 0.357. The van der Waals surface area contributed by atoms with Gasteiger partial charge >= 0.3 is 0 Å². The SMILES string of the molecule is CCNC(=O)C=Cc1ccc(OC)c(OC)c1OC. The molecule has 0 aliphatic heterocycles. The van der Waals surface area contributed by atoms with Gasteiger partial charge in [-0.25, -0.2) is 0 Å². The van der Waals surface area contributed by atoms with Crippen molar-refractivity contribution in [2.75, 3.05) is 27.9 Å². The molecule has 0 aromatic heterocycles. The van der Waals surface area contributed by atoms with Gasteiger partial charge in [0.2, 0.25) is 11.7 Å². The quantitative estimate of drug-likeness (QED) is 0.798. The van der Waals surface area contributed by atoms with Crippen LogP contribution >= 0.6 is 0 Å². The first-order chi connectivity index (χ1) is 9.17. The van der Waals surface area contributed by atoms with E-state index in [0.717, 1.165) is 5.56 Å². The predicted molar refractivity (Wildman–Crippen MR) is 73.8 cm³/mol. The van der Waals surface area contributed by atoms with Gasteiger partial charge in [0.05, 0.1) is 21.3 Å². The number of hydrogen-bond acceptors (Lipinski definition) is 4. The van der Waals surface area contributed by atoms with Gasteiger partial charge in [0.15, 0.2) is 11.5 Å². The highest BCUT2D eigenvalue weighted by Crippen LogP contribution is 2.40. The molecule has 19 heavy (non-hydrogen) atoms. The number of carbonyl (C=O) groups excluding carboxylic acids is 1. The molecule has 0 atom stereocenters. The maximum absolute atomic E-state index is 11.4. The lowest BCUT2D eigenvalue weighted by molar-refractivity contribution is -0.116. The predicted octanol–water partition coefficient (Wildman–Crippen LogP) is 1.86. The number of likely N-dealkylation sites (N-methyl/N-ethyl adjacent to an activating group) is 1. The van der Waals surface area contributed by atoms with Crippen molar-refractivity contribution >= 4 is 12.0 Å². The van der Waals surface area contributed by atoms with Gasteiger partial charge in [0.25, 0.3) is 0 Å². The number of nitrogens with one attached hydrogen (secondary N) is 1. The summed E-state index contributed by atoms with van der Waals surface area (Å²) in [6.07, 6.45) is 3.12. The summed E-state index contributed by atoms with van der Waals surface area (Å²) in [5.74, 6) is 1.46. The first kappa shape index (κ1) is 14.9. The third-order valence-corrected chi connectivity index (χ3v) is 2.50. The Morgan fingerprint density at radius 3 is 2.37 bits per heavy atom. The number of benzene rings is 1. The van der Waals surface area contributed by atoms with Crippen LogP contribution in [0, 0.1) is 0 Å². The Hall–Kier alpha value is -2.17. The average Bonchev–Trinajstić information content (AvgIpc) is 2.43. The van der Waals surface area contributed by atoms with E-state index in [4.69, 9.17) is 14.2 Å². The highest BCUT2D eigenvalue weighted by atomic mass is 16.5. The van der Waals surface area contributed by atoms with Crippen LogP contribution in [0.15, 0.2) is 18.2 Å². The standard InChI is InChI=1S/C14H19NO4/c1-5-15-12(16)9-7-10-6-8-11(17-2)14(19-4)13(10)18-3/h6-9H,5H2,1-4H3,(H,15,16). The van der Waals surface area contributed by atoms with Gasteiger partial charge in [-0.05, 0) is 25.1 Å². The number of rotatable bonds is 6. The Morgan fingerprint density at radius 1 is 1.16 bits per heavy atom. The Balaban J connectivity index is 3.11. The highest BCUT2D eigenvalue weighted by molar-refractivity contribution is 5.92. The van der Waals surface area contributed by atoms with Crippen LogP contribution in [0.2, 0.25) is 0 Å². The molecule has 5 nitrogen and oxygen atoms in total. The van der Waals surface area contributed by atoms with Gasteiger partial charge in [0, 0.05) is 18.2 Å². The maximum Gasteiger partial charge on any atom is 0.243 e. The molecule has 0 aliphatic rings. The molecule has 0 aliphatic carbocycles. The van der Waals surface area contributed by atoms with Gasteiger partial charge in [0.1, 0.15) is 0 Å². The van der Waals surface area contributed by atoms with Gasteiger partial charge in [-0.15, -0.1) is 0 Å². The van der Waals surface area contributed by atoms with E-state index < -0.39 is 0 Å². The highest BCUT2D eigenvalue weighted by Gasteiger charge is 2.14. The molecule has 0 radical (unpaired) electrons. The summed E-state index contributed by atoms with van der Waals surface area (Å²) >= 11 is 0. The molecule has 0 spiro atoms. The van der Waals surface area contributed by atoms with E-state index in [2.05, 4.69) is 5.32 Å². The van der Waals surface area contributed by atoms with Crippen molar-refractivity contribution in [2.24, 2.45) is 0 Å². The van der Waals surface area contributed by atoms with Crippen molar-refractivity contribution < 1.29 is 19.0 Å². The molecule has 1 amide bonds. The smallest absolute Gasteiger partial charge is 0.243 e. The molecule has 0 saturated carbocycles. The average molecular weight is 265 g/mol. The van der Waals surface area contributed by atoms with Gasteiger partial charge in [-0.3, -0.25) is 4.79 Å². The minimum absolute atomic E-state index is 0.153. The van der Waals surface area contributed by atoms with Crippen LogP contribution < -0.4 is 19.5 Å². The Bertz CT molecular complexity index is 469. The van der Waals surface area contributed by atoms with E-state index in [1.165, 1.54) is 13.2 Å². The Kier molecular flexibility index (Phi) is 5.73. The molecular weight excluding hydrogens is 246 g/mol. The van der Waals surface area contributed by atoms with Crippen molar-refractivity contribution in [2.45, 2.75) is 6.92 Å². The topological polar surface area (TPSA) is 56.8 Å². The molecule has 1 aromatic rings. The number of ether oxygens (including phenoxy) is 3. The zero-order valence-electron chi connectivity index (χ0n) is 11.6. The fourth-order valence-electron chi connectivity index (χ4n) is 1.65. The summed E-state index contributed by atoms with van der Waals surface area (Å²) < 4.78 is 15.8. The molecule has 1 rings (SSSR count). The van der Waals surface area contributed by atoms with Crippen LogP contribution in [0.3, 0.4) is 0 Å². The van der Waals surface area contributed by atoms with E-state index in [0.29, 0.717) is 23.8 Å². The second-order valence-electron chi connectivity index (χ2n) is 3.65. The third-order valence-electron chi connectivity index (χ3n) is 2.50. The lowest BCUT2D eigenvalue weighted by Crippen LogP contribution is -2.19. The summed E-state index contributed by atoms with van der Waals surface area (Å²) in [5.41, 5.74) is 0.742. The van der Waals surface area contributed by atoms with Crippen molar-refractivity contribution in [1.82, 2.24) is 5.32 Å². The Labute approximate surface area is 113 Å². The van der Waals surface area contributed by atoms with Crippen LogP contribution in [-0.2, 0) is 4.79 Å². The third kappa shape index (κ3) is 3.64. The number of amides is 1. The van der Waals surface area contributed by atoms with E-state index in [1.807, 2.05) is 6.92 Å². The second-order valence-corrected chi connectivity index (χ2v) is 3.65. The molecule has 104 valence electrons. The second kappa shape index (κ2) is 7.31. The monoisotopic (exact) mass is 265 g/mol. The zero-order valence-corrected chi connectivity index (χ0v) is 11.6. The lowest BCUT2D eigenvalue weighted by atomic mass is 10.1. The molecule has 1 N–H and O–H groups in total. The van der Waals surface area contributed by atoms with E-state index in [9.17, 15) is 4.79 Å². The fourth-order valence-corrected chi connectivity index (χ4v) is 1.65. The van der Waals surface area contributed by atoms with Crippen molar-refractivity contribution in [3.05, 3.63) is 23.8 Å². The van der Waals surface area contributed by atoms with E-state index in [-0.39, 0.29) is 5.91 Å². The van der Waals surface area contributed by atoms with Gasteiger partial charge in [-0.1, -0.05) is 0 Å². The van der Waals surface area contributed by atoms with Crippen LogP contribution in [0.5, 0.6) is 17.2 Å². The first-order valence-electron chi connectivity index (χ1n) is 5.92. The molecule has 0 bridgehead atoms. The van der Waals surface area contributed by atoms with Crippen LogP contribution in [0.4, 0.5) is 0 Å². The maximum atomic E-state index is 11.4. The van der Waals surface area contributed by atoms with Crippen molar-refractivity contribution in [3.8, 4) is 17.2 Å². The van der Waals surface area contributed by atoms with Crippen molar-refractivity contribution in [3.63, 3.8) is 0 Å². The van der Waals surface area contributed by atoms with Gasteiger partial charge in [-0.2, -0.15) is 0 Å². The summed E-state index contributed by atoms with van der Waals surface area (Å²) in [5, 5.41) is 2.68. The molecule has 0 fully saturated rings. The summed E-state index contributed by atoms with van der Waals surface area (Å²) in [6.45, 7) is 2.45. The lowest BCUT2D eigenvalue weighted by Gasteiger charge is -2.13.